The second-order valence-electron chi connectivity index (χ2n) is 3.33. The topological polar surface area (TPSA) is 139 Å². The lowest BCUT2D eigenvalue weighted by Gasteiger charge is -2.09. The first-order valence-corrected chi connectivity index (χ1v) is 4.77. The Labute approximate surface area is 94.4 Å². The van der Waals surface area contributed by atoms with Gasteiger partial charge in [0.15, 0.2) is 5.52 Å². The zero-order valence-corrected chi connectivity index (χ0v) is 8.70. The summed E-state index contributed by atoms with van der Waals surface area (Å²) in [5.41, 5.74) is 5.14. The molecule has 17 heavy (non-hydrogen) atoms. The molecule has 9 heteroatoms. The maximum atomic E-state index is 11.4. The summed E-state index contributed by atoms with van der Waals surface area (Å²) in [6.45, 7) is -0.584. The van der Waals surface area contributed by atoms with Gasteiger partial charge in [-0.05, 0) is 0 Å². The SMILES string of the molecule is Nc1nc2c(ncn2OCC(O)CO)c(=O)[nH]1. The molecule has 0 fully saturated rings. The van der Waals surface area contributed by atoms with E-state index in [1.807, 2.05) is 0 Å². The molecule has 0 aliphatic rings. The summed E-state index contributed by atoms with van der Waals surface area (Å²) >= 11 is 0. The van der Waals surface area contributed by atoms with Crippen molar-refractivity contribution in [1.29, 1.82) is 0 Å². The molecule has 0 bridgehead atoms. The molecule has 0 saturated heterocycles. The molecule has 2 aromatic rings. The molecule has 1 unspecified atom stereocenters. The number of nitrogens with two attached hydrogens (primary N) is 1. The van der Waals surface area contributed by atoms with Crippen LogP contribution in [0.5, 0.6) is 0 Å². The van der Waals surface area contributed by atoms with Crippen molar-refractivity contribution in [2.75, 3.05) is 18.9 Å². The molecule has 0 aliphatic heterocycles. The predicted molar refractivity (Wildman–Crippen MR) is 57.1 cm³/mol. The van der Waals surface area contributed by atoms with Crippen LogP contribution in [0.25, 0.3) is 11.2 Å². The Bertz CT molecular complexity index is 577. The van der Waals surface area contributed by atoms with E-state index in [0.717, 1.165) is 4.73 Å². The molecule has 9 nitrogen and oxygen atoms in total. The van der Waals surface area contributed by atoms with Gasteiger partial charge in [-0.25, -0.2) is 4.98 Å². The Balaban J connectivity index is 2.33. The monoisotopic (exact) mass is 241 g/mol. The summed E-state index contributed by atoms with van der Waals surface area (Å²) in [6.07, 6.45) is 0.211. The summed E-state index contributed by atoms with van der Waals surface area (Å²) < 4.78 is 1.11. The number of aromatic amines is 1. The van der Waals surface area contributed by atoms with E-state index in [9.17, 15) is 4.79 Å². The number of nitrogen functional groups attached to an aromatic ring is 1. The fraction of sp³-hybridized carbons (Fsp3) is 0.375. The van der Waals surface area contributed by atoms with Gasteiger partial charge in [0.25, 0.3) is 5.56 Å². The van der Waals surface area contributed by atoms with Crippen molar-refractivity contribution < 1.29 is 15.1 Å². The lowest BCUT2D eigenvalue weighted by atomic mass is 10.4. The van der Waals surface area contributed by atoms with Gasteiger partial charge in [-0.2, -0.15) is 9.71 Å². The average molecular weight is 241 g/mol. The Morgan fingerprint density at radius 1 is 1.65 bits per heavy atom. The molecule has 2 aromatic heterocycles. The standard InChI is InChI=1S/C8H11N5O4/c9-8-11-6-5(7(16)12-8)10-3-13(6)17-2-4(15)1-14/h3-4,14-15H,1-2H2,(H3,9,11,12,16). The molecule has 2 heterocycles. The van der Waals surface area contributed by atoms with E-state index in [1.165, 1.54) is 6.33 Å². The highest BCUT2D eigenvalue weighted by Gasteiger charge is 2.11. The number of hydrogen-bond acceptors (Lipinski definition) is 7. The number of imidazole rings is 1. The van der Waals surface area contributed by atoms with Crippen LogP contribution in [0.2, 0.25) is 0 Å². The smallest absolute Gasteiger partial charge is 0.280 e. The minimum absolute atomic E-state index is 0.0597. The molecule has 0 saturated carbocycles. The third-order valence-electron chi connectivity index (χ3n) is 2.01. The fourth-order valence-corrected chi connectivity index (χ4v) is 1.22. The van der Waals surface area contributed by atoms with E-state index in [-0.39, 0.29) is 23.7 Å². The van der Waals surface area contributed by atoms with Crippen LogP contribution in [0.3, 0.4) is 0 Å². The van der Waals surface area contributed by atoms with E-state index < -0.39 is 18.3 Å². The minimum Gasteiger partial charge on any atom is -0.408 e. The van der Waals surface area contributed by atoms with Crippen LogP contribution in [-0.4, -0.2) is 49.2 Å². The number of aromatic nitrogens is 4. The van der Waals surface area contributed by atoms with Crippen LogP contribution in [0.4, 0.5) is 5.95 Å². The second kappa shape index (κ2) is 4.39. The number of anilines is 1. The van der Waals surface area contributed by atoms with Crippen molar-refractivity contribution in [3.8, 4) is 0 Å². The van der Waals surface area contributed by atoms with Gasteiger partial charge in [0.1, 0.15) is 19.0 Å². The van der Waals surface area contributed by atoms with E-state index in [0.29, 0.717) is 0 Å². The molecular weight excluding hydrogens is 230 g/mol. The third-order valence-corrected chi connectivity index (χ3v) is 2.01. The molecular formula is C8H11N5O4. The number of nitrogens with one attached hydrogen (secondary N) is 1. The van der Waals surface area contributed by atoms with Gasteiger partial charge in [0, 0.05) is 0 Å². The number of aliphatic hydroxyl groups is 2. The molecule has 0 amide bonds. The highest BCUT2D eigenvalue weighted by molar-refractivity contribution is 5.69. The van der Waals surface area contributed by atoms with E-state index in [4.69, 9.17) is 20.8 Å². The quantitative estimate of drug-likeness (QED) is 0.463. The molecule has 0 radical (unpaired) electrons. The number of fused-ring (bicyclic) bond motifs is 1. The fourth-order valence-electron chi connectivity index (χ4n) is 1.22. The Hall–Kier alpha value is -2.13. The van der Waals surface area contributed by atoms with Crippen LogP contribution < -0.4 is 16.1 Å². The van der Waals surface area contributed by atoms with E-state index in [2.05, 4.69) is 15.0 Å². The zero-order chi connectivity index (χ0) is 12.4. The number of rotatable bonds is 4. The maximum absolute atomic E-state index is 11.4. The summed E-state index contributed by atoms with van der Waals surface area (Å²) in [6, 6.07) is 0. The van der Waals surface area contributed by atoms with Gasteiger partial charge in [-0.1, -0.05) is 0 Å². The first kappa shape index (κ1) is 11.4. The van der Waals surface area contributed by atoms with Crippen LogP contribution in [0.15, 0.2) is 11.1 Å². The number of aliphatic hydroxyl groups excluding tert-OH is 2. The number of nitrogens with zero attached hydrogens (tertiary/aromatic N) is 3. The van der Waals surface area contributed by atoms with Gasteiger partial charge in [0.2, 0.25) is 11.6 Å². The normalized spacial score (nSPS) is 12.8. The third kappa shape index (κ3) is 2.19. The van der Waals surface area contributed by atoms with Crippen LogP contribution in [-0.2, 0) is 0 Å². The Morgan fingerprint density at radius 3 is 3.12 bits per heavy atom. The lowest BCUT2D eigenvalue weighted by molar-refractivity contribution is 0.00239. The van der Waals surface area contributed by atoms with E-state index in [1.54, 1.807) is 0 Å². The molecule has 5 N–H and O–H groups in total. The second-order valence-corrected chi connectivity index (χ2v) is 3.33. The molecule has 0 spiro atoms. The number of H-pyrrole nitrogens is 1. The van der Waals surface area contributed by atoms with Crippen molar-refractivity contribution >= 4 is 17.1 Å². The average Bonchev–Trinajstić information content (AvgIpc) is 2.69. The molecule has 0 aliphatic carbocycles. The van der Waals surface area contributed by atoms with Crippen molar-refractivity contribution in [2.45, 2.75) is 6.10 Å². The zero-order valence-electron chi connectivity index (χ0n) is 8.70. The summed E-state index contributed by atoms with van der Waals surface area (Å²) in [7, 11) is 0. The molecule has 0 aromatic carbocycles. The van der Waals surface area contributed by atoms with Gasteiger partial charge in [-0.15, -0.1) is 0 Å². The molecule has 1 atom stereocenters. The highest BCUT2D eigenvalue weighted by Crippen LogP contribution is 2.04. The van der Waals surface area contributed by atoms with Gasteiger partial charge >= 0.3 is 0 Å². The molecule has 92 valence electrons. The largest absolute Gasteiger partial charge is 0.408 e. The van der Waals surface area contributed by atoms with Crippen LogP contribution >= 0.6 is 0 Å². The minimum atomic E-state index is -1.02. The van der Waals surface area contributed by atoms with Gasteiger partial charge in [-0.3, -0.25) is 9.78 Å². The lowest BCUT2D eigenvalue weighted by Crippen LogP contribution is -2.26. The summed E-state index contributed by atoms with van der Waals surface area (Å²) in [5.74, 6) is -0.0597. The van der Waals surface area contributed by atoms with E-state index >= 15 is 0 Å². The Morgan fingerprint density at radius 2 is 2.41 bits per heavy atom. The first-order valence-electron chi connectivity index (χ1n) is 4.77. The van der Waals surface area contributed by atoms with Crippen molar-refractivity contribution in [1.82, 2.24) is 19.7 Å². The summed E-state index contributed by atoms with van der Waals surface area (Å²) in [4.78, 5) is 26.4. The maximum Gasteiger partial charge on any atom is 0.280 e. The van der Waals surface area contributed by atoms with Crippen molar-refractivity contribution in [2.24, 2.45) is 0 Å². The van der Waals surface area contributed by atoms with Gasteiger partial charge < -0.3 is 20.8 Å². The van der Waals surface area contributed by atoms with Crippen LogP contribution in [0.1, 0.15) is 0 Å². The summed E-state index contributed by atoms with van der Waals surface area (Å²) in [5, 5.41) is 17.7. The highest BCUT2D eigenvalue weighted by atomic mass is 16.7. The first-order chi connectivity index (χ1) is 8.11. The van der Waals surface area contributed by atoms with Crippen LogP contribution in [0, 0.1) is 0 Å². The number of hydrogen-bond donors (Lipinski definition) is 4. The Kier molecular flexibility index (Phi) is 2.93. The van der Waals surface area contributed by atoms with Crippen molar-refractivity contribution in [3.63, 3.8) is 0 Å². The molecule has 2 rings (SSSR count). The van der Waals surface area contributed by atoms with Gasteiger partial charge in [0.05, 0.1) is 6.61 Å². The van der Waals surface area contributed by atoms with Crippen molar-refractivity contribution in [3.05, 3.63) is 16.7 Å². The predicted octanol–water partition coefficient (Wildman–Crippen LogP) is -2.52.